The number of ketones is 1. The van der Waals surface area contributed by atoms with Gasteiger partial charge in [-0.1, -0.05) is 23.7 Å². The van der Waals surface area contributed by atoms with Crippen LogP contribution in [0.2, 0.25) is 5.02 Å². The van der Waals surface area contributed by atoms with Crippen LogP contribution in [0.1, 0.15) is 45.1 Å². The van der Waals surface area contributed by atoms with E-state index < -0.39 is 0 Å². The molecule has 1 fully saturated rings. The van der Waals surface area contributed by atoms with E-state index in [4.69, 9.17) is 16.3 Å². The summed E-state index contributed by atoms with van der Waals surface area (Å²) in [5.41, 5.74) is 3.48. The van der Waals surface area contributed by atoms with Crippen molar-refractivity contribution >= 4 is 33.7 Å². The summed E-state index contributed by atoms with van der Waals surface area (Å²) in [6.45, 7) is 5.33. The third kappa shape index (κ3) is 2.87. The molecule has 24 heavy (non-hydrogen) atoms. The second-order valence-electron chi connectivity index (χ2n) is 6.49. The van der Waals surface area contributed by atoms with Gasteiger partial charge in [0.05, 0.1) is 23.1 Å². The van der Waals surface area contributed by atoms with Crippen molar-refractivity contribution in [1.29, 1.82) is 0 Å². The number of fused-ring (bicyclic) bond motifs is 1. The summed E-state index contributed by atoms with van der Waals surface area (Å²) in [6.07, 6.45) is 1.48. The Bertz CT molecular complexity index is 780. The Labute approximate surface area is 151 Å². The molecule has 2 aromatic rings. The highest BCUT2D eigenvalue weighted by molar-refractivity contribution is 7.18. The van der Waals surface area contributed by atoms with Crippen molar-refractivity contribution in [2.45, 2.75) is 25.7 Å². The summed E-state index contributed by atoms with van der Waals surface area (Å²) in [6, 6.07) is 8.51. The van der Waals surface area contributed by atoms with Gasteiger partial charge in [0.2, 0.25) is 0 Å². The van der Waals surface area contributed by atoms with E-state index in [0.717, 1.165) is 48.2 Å². The van der Waals surface area contributed by atoms with Gasteiger partial charge in [-0.25, -0.2) is 0 Å². The standard InChI is InChI=1S/C19H20ClNO2S/c1-12-2-3-13(10-16(12)20)14-4-5-17(22)19-15(14)11-18(24-19)21-6-8-23-9-7-21/h2-3,10-11,14H,4-9H2,1H3. The molecule has 2 heterocycles. The molecule has 0 spiro atoms. The van der Waals surface area contributed by atoms with Crippen LogP contribution in [0.15, 0.2) is 24.3 Å². The molecule has 0 saturated carbocycles. The number of carbonyl (C=O) groups excluding carboxylic acids is 1. The smallest absolute Gasteiger partial charge is 0.173 e. The number of morpholine rings is 1. The summed E-state index contributed by atoms with van der Waals surface area (Å²) >= 11 is 7.97. The van der Waals surface area contributed by atoms with Gasteiger partial charge in [0, 0.05) is 30.5 Å². The number of rotatable bonds is 2. The van der Waals surface area contributed by atoms with E-state index in [1.807, 2.05) is 6.92 Å². The monoisotopic (exact) mass is 361 g/mol. The number of Topliss-reactive ketones (excluding diaryl/α,β-unsaturated/α-hetero) is 1. The number of aryl methyl sites for hydroxylation is 1. The van der Waals surface area contributed by atoms with Gasteiger partial charge in [-0.15, -0.1) is 11.3 Å². The highest BCUT2D eigenvalue weighted by Gasteiger charge is 2.30. The van der Waals surface area contributed by atoms with Crippen LogP contribution in [0.4, 0.5) is 5.00 Å². The minimum Gasteiger partial charge on any atom is -0.378 e. The van der Waals surface area contributed by atoms with Crippen LogP contribution in [-0.2, 0) is 4.74 Å². The number of halogens is 1. The van der Waals surface area contributed by atoms with Gasteiger partial charge in [0.15, 0.2) is 5.78 Å². The lowest BCUT2D eigenvalue weighted by molar-refractivity contribution is 0.0974. The fourth-order valence-corrected chi connectivity index (χ4v) is 4.96. The van der Waals surface area contributed by atoms with Gasteiger partial charge in [0.25, 0.3) is 0 Å². The van der Waals surface area contributed by atoms with Crippen LogP contribution >= 0.6 is 22.9 Å². The number of carbonyl (C=O) groups is 1. The topological polar surface area (TPSA) is 29.5 Å². The number of nitrogens with zero attached hydrogens (tertiary/aromatic N) is 1. The van der Waals surface area contributed by atoms with E-state index in [0.29, 0.717) is 6.42 Å². The molecule has 1 unspecified atom stereocenters. The second-order valence-corrected chi connectivity index (χ2v) is 7.93. The Balaban J connectivity index is 1.72. The fourth-order valence-electron chi connectivity index (χ4n) is 3.52. The molecule has 0 bridgehead atoms. The summed E-state index contributed by atoms with van der Waals surface area (Å²) < 4.78 is 5.44. The van der Waals surface area contributed by atoms with Crippen LogP contribution < -0.4 is 4.90 Å². The van der Waals surface area contributed by atoms with E-state index in [1.54, 1.807) is 11.3 Å². The first kappa shape index (κ1) is 16.1. The van der Waals surface area contributed by atoms with E-state index in [1.165, 1.54) is 16.1 Å². The van der Waals surface area contributed by atoms with Gasteiger partial charge >= 0.3 is 0 Å². The van der Waals surface area contributed by atoms with E-state index in [-0.39, 0.29) is 11.7 Å². The predicted molar refractivity (Wildman–Crippen MR) is 98.9 cm³/mol. The minimum atomic E-state index is 0.266. The largest absolute Gasteiger partial charge is 0.378 e. The zero-order valence-corrected chi connectivity index (χ0v) is 15.3. The van der Waals surface area contributed by atoms with Gasteiger partial charge in [0.1, 0.15) is 0 Å². The minimum absolute atomic E-state index is 0.266. The zero-order chi connectivity index (χ0) is 16.7. The molecule has 5 heteroatoms. The van der Waals surface area contributed by atoms with Crippen molar-refractivity contribution in [1.82, 2.24) is 0 Å². The molecule has 0 amide bonds. The molecule has 0 radical (unpaired) electrons. The fraction of sp³-hybridized carbons (Fsp3) is 0.421. The highest BCUT2D eigenvalue weighted by atomic mass is 35.5. The molecule has 1 aliphatic carbocycles. The van der Waals surface area contributed by atoms with Gasteiger partial charge in [-0.05, 0) is 42.2 Å². The molecule has 126 valence electrons. The molecule has 0 N–H and O–H groups in total. The molecule has 3 nitrogen and oxygen atoms in total. The average Bonchev–Trinajstić information content (AvgIpc) is 3.05. The molecular weight excluding hydrogens is 342 g/mol. The Kier molecular flexibility index (Phi) is 4.37. The van der Waals surface area contributed by atoms with Crippen LogP contribution in [0.5, 0.6) is 0 Å². The maximum atomic E-state index is 12.4. The molecule has 1 aromatic heterocycles. The first-order valence-electron chi connectivity index (χ1n) is 8.39. The number of ether oxygens (including phenoxy) is 1. The van der Waals surface area contributed by atoms with Gasteiger partial charge in [-0.2, -0.15) is 0 Å². The first-order valence-corrected chi connectivity index (χ1v) is 9.58. The lowest BCUT2D eigenvalue weighted by atomic mass is 9.82. The molecule has 1 aliphatic heterocycles. The average molecular weight is 362 g/mol. The molecule has 1 saturated heterocycles. The number of thiophene rings is 1. The maximum Gasteiger partial charge on any atom is 0.173 e. The predicted octanol–water partition coefficient (Wildman–Crippen LogP) is 4.65. The Morgan fingerprint density at radius 1 is 1.25 bits per heavy atom. The van der Waals surface area contributed by atoms with E-state index in [9.17, 15) is 4.79 Å². The van der Waals surface area contributed by atoms with E-state index >= 15 is 0 Å². The molecule has 4 rings (SSSR count). The summed E-state index contributed by atoms with van der Waals surface area (Å²) in [5, 5.41) is 2.00. The van der Waals surface area contributed by atoms with Gasteiger partial charge in [-0.3, -0.25) is 4.79 Å². The van der Waals surface area contributed by atoms with Crippen molar-refractivity contribution in [3.8, 4) is 0 Å². The van der Waals surface area contributed by atoms with Crippen LogP contribution in [-0.4, -0.2) is 32.1 Å². The van der Waals surface area contributed by atoms with Crippen molar-refractivity contribution in [3.63, 3.8) is 0 Å². The van der Waals surface area contributed by atoms with Crippen LogP contribution in [0, 0.1) is 6.92 Å². The third-order valence-corrected chi connectivity index (χ3v) is 6.62. The normalized spacial score (nSPS) is 21.0. The quantitative estimate of drug-likeness (QED) is 0.779. The van der Waals surface area contributed by atoms with Crippen molar-refractivity contribution in [2.75, 3.05) is 31.2 Å². The Morgan fingerprint density at radius 2 is 2.04 bits per heavy atom. The highest BCUT2D eigenvalue weighted by Crippen LogP contribution is 2.44. The first-order chi connectivity index (χ1) is 11.6. The van der Waals surface area contributed by atoms with Crippen molar-refractivity contribution in [2.24, 2.45) is 0 Å². The van der Waals surface area contributed by atoms with Crippen molar-refractivity contribution < 1.29 is 9.53 Å². The van der Waals surface area contributed by atoms with E-state index in [2.05, 4.69) is 29.2 Å². The number of anilines is 1. The summed E-state index contributed by atoms with van der Waals surface area (Å²) in [7, 11) is 0. The SMILES string of the molecule is Cc1ccc(C2CCC(=O)c3sc(N4CCOCC4)cc32)cc1Cl. The number of hydrogen-bond acceptors (Lipinski definition) is 4. The molecule has 2 aliphatic rings. The summed E-state index contributed by atoms with van der Waals surface area (Å²) in [4.78, 5) is 15.7. The zero-order valence-electron chi connectivity index (χ0n) is 13.7. The number of hydrogen-bond donors (Lipinski definition) is 0. The van der Waals surface area contributed by atoms with Gasteiger partial charge < -0.3 is 9.64 Å². The Morgan fingerprint density at radius 3 is 2.79 bits per heavy atom. The maximum absolute atomic E-state index is 12.4. The van der Waals surface area contributed by atoms with Crippen LogP contribution in [0.25, 0.3) is 0 Å². The van der Waals surface area contributed by atoms with Crippen LogP contribution in [0.3, 0.4) is 0 Å². The molecule has 1 aromatic carbocycles. The second kappa shape index (κ2) is 6.51. The lowest BCUT2D eigenvalue weighted by Gasteiger charge is -2.27. The van der Waals surface area contributed by atoms with Crippen molar-refractivity contribution in [3.05, 3.63) is 50.9 Å². The lowest BCUT2D eigenvalue weighted by Crippen LogP contribution is -2.35. The molecular formula is C19H20ClNO2S. The summed E-state index contributed by atoms with van der Waals surface area (Å²) in [5.74, 6) is 0.547. The molecule has 1 atom stereocenters. The third-order valence-electron chi connectivity index (χ3n) is 4.96. The Hall–Kier alpha value is -1.36. The number of benzene rings is 1.